The minimum atomic E-state index is -0.250. The lowest BCUT2D eigenvalue weighted by Crippen LogP contribution is -1.92. The maximum absolute atomic E-state index is 13.2. The third-order valence-corrected chi connectivity index (χ3v) is 1.87. The van der Waals surface area contributed by atoms with Gasteiger partial charge >= 0.3 is 0 Å². The Morgan fingerprint density at radius 2 is 1.71 bits per heavy atom. The SMILES string of the molecule is Fc1ccccc1Nc1cc[c]cc1. The van der Waals surface area contributed by atoms with Gasteiger partial charge in [-0.15, -0.1) is 0 Å². The van der Waals surface area contributed by atoms with Gasteiger partial charge in [0.2, 0.25) is 0 Å². The van der Waals surface area contributed by atoms with E-state index in [0.717, 1.165) is 5.69 Å². The number of nitrogens with one attached hydrogen (secondary N) is 1. The van der Waals surface area contributed by atoms with Gasteiger partial charge in [-0.3, -0.25) is 0 Å². The second-order valence-electron chi connectivity index (χ2n) is 2.89. The largest absolute Gasteiger partial charge is 0.353 e. The van der Waals surface area contributed by atoms with Crippen LogP contribution in [0.5, 0.6) is 0 Å². The summed E-state index contributed by atoms with van der Waals surface area (Å²) in [6.45, 7) is 0. The zero-order valence-electron chi connectivity index (χ0n) is 7.50. The molecule has 0 atom stereocenters. The van der Waals surface area contributed by atoms with E-state index in [2.05, 4.69) is 11.4 Å². The molecule has 1 radical (unpaired) electrons. The van der Waals surface area contributed by atoms with Crippen molar-refractivity contribution in [2.45, 2.75) is 0 Å². The summed E-state index contributed by atoms with van der Waals surface area (Å²) in [5.41, 5.74) is 1.34. The van der Waals surface area contributed by atoms with Crippen LogP contribution in [0.3, 0.4) is 0 Å². The molecule has 2 aromatic rings. The molecule has 1 nitrogen and oxygen atoms in total. The van der Waals surface area contributed by atoms with Crippen LogP contribution in [0.4, 0.5) is 15.8 Å². The fourth-order valence-electron chi connectivity index (χ4n) is 1.19. The topological polar surface area (TPSA) is 12.0 Å². The van der Waals surface area contributed by atoms with Crippen LogP contribution in [0, 0.1) is 11.9 Å². The molecule has 0 saturated carbocycles. The quantitative estimate of drug-likeness (QED) is 0.758. The highest BCUT2D eigenvalue weighted by molar-refractivity contribution is 5.59. The van der Waals surface area contributed by atoms with Gasteiger partial charge in [0.1, 0.15) is 5.82 Å². The van der Waals surface area contributed by atoms with Gasteiger partial charge in [-0.1, -0.05) is 24.3 Å². The number of para-hydroxylation sites is 1. The predicted molar refractivity (Wildman–Crippen MR) is 55.0 cm³/mol. The van der Waals surface area contributed by atoms with Crippen molar-refractivity contribution in [2.24, 2.45) is 0 Å². The fraction of sp³-hybridized carbons (Fsp3) is 0. The van der Waals surface area contributed by atoms with E-state index in [4.69, 9.17) is 0 Å². The lowest BCUT2D eigenvalue weighted by molar-refractivity contribution is 0.632. The molecule has 0 aromatic heterocycles. The summed E-state index contributed by atoms with van der Waals surface area (Å²) in [5.74, 6) is -0.250. The lowest BCUT2D eigenvalue weighted by Gasteiger charge is -2.06. The average molecular weight is 186 g/mol. The number of rotatable bonds is 2. The van der Waals surface area contributed by atoms with E-state index < -0.39 is 0 Å². The van der Waals surface area contributed by atoms with Gasteiger partial charge in [-0.25, -0.2) is 4.39 Å². The number of hydrogen-bond acceptors (Lipinski definition) is 1. The zero-order chi connectivity index (χ0) is 9.80. The molecule has 14 heavy (non-hydrogen) atoms. The maximum Gasteiger partial charge on any atom is 0.146 e. The lowest BCUT2D eigenvalue weighted by atomic mass is 10.2. The van der Waals surface area contributed by atoms with Gasteiger partial charge in [0.25, 0.3) is 0 Å². The van der Waals surface area contributed by atoms with Crippen LogP contribution in [0.2, 0.25) is 0 Å². The Kier molecular flexibility index (Phi) is 2.45. The highest BCUT2D eigenvalue weighted by atomic mass is 19.1. The smallest absolute Gasteiger partial charge is 0.146 e. The molecule has 0 heterocycles. The van der Waals surface area contributed by atoms with Crippen molar-refractivity contribution in [2.75, 3.05) is 5.32 Å². The van der Waals surface area contributed by atoms with E-state index in [1.54, 1.807) is 30.3 Å². The van der Waals surface area contributed by atoms with Gasteiger partial charge in [-0.2, -0.15) is 0 Å². The molecule has 0 aliphatic heterocycles. The molecule has 2 rings (SSSR count). The Morgan fingerprint density at radius 1 is 1.00 bits per heavy atom. The second-order valence-corrected chi connectivity index (χ2v) is 2.89. The highest BCUT2D eigenvalue weighted by Crippen LogP contribution is 2.18. The number of hydrogen-bond donors (Lipinski definition) is 1. The molecular formula is C12H9FN. The van der Waals surface area contributed by atoms with Crippen LogP contribution in [0.15, 0.2) is 48.5 Å². The molecule has 0 amide bonds. The summed E-state index contributed by atoms with van der Waals surface area (Å²) in [6.07, 6.45) is 0. The van der Waals surface area contributed by atoms with E-state index in [9.17, 15) is 4.39 Å². The molecule has 0 saturated heterocycles. The van der Waals surface area contributed by atoms with E-state index in [0.29, 0.717) is 5.69 Å². The van der Waals surface area contributed by atoms with Crippen LogP contribution in [0.25, 0.3) is 0 Å². The Labute approximate surface area is 82.2 Å². The van der Waals surface area contributed by atoms with E-state index in [1.807, 2.05) is 12.1 Å². The molecule has 0 unspecified atom stereocenters. The number of anilines is 2. The molecule has 2 aromatic carbocycles. The number of halogens is 1. The van der Waals surface area contributed by atoms with E-state index in [-0.39, 0.29) is 5.82 Å². The first-order valence-corrected chi connectivity index (χ1v) is 4.34. The summed E-state index contributed by atoms with van der Waals surface area (Å²) in [7, 11) is 0. The predicted octanol–water partition coefficient (Wildman–Crippen LogP) is 3.37. The Bertz CT molecular complexity index is 412. The first kappa shape index (κ1) is 8.75. The molecule has 0 bridgehead atoms. The first-order chi connectivity index (χ1) is 6.86. The molecule has 1 N–H and O–H groups in total. The normalized spacial score (nSPS) is 9.79. The number of benzene rings is 2. The molecule has 0 fully saturated rings. The van der Waals surface area contributed by atoms with Crippen molar-refractivity contribution in [1.29, 1.82) is 0 Å². The van der Waals surface area contributed by atoms with Gasteiger partial charge < -0.3 is 5.32 Å². The standard InChI is InChI=1S/C12H9FN/c13-11-8-4-5-9-12(11)14-10-6-2-1-3-7-10/h2-9,14H. The first-order valence-electron chi connectivity index (χ1n) is 4.34. The minimum Gasteiger partial charge on any atom is -0.353 e. The maximum atomic E-state index is 13.2. The summed E-state index contributed by atoms with van der Waals surface area (Å²) in [6, 6.07) is 16.7. The van der Waals surface area contributed by atoms with Gasteiger partial charge in [-0.05, 0) is 30.3 Å². The van der Waals surface area contributed by atoms with Crippen LogP contribution in [0.1, 0.15) is 0 Å². The van der Waals surface area contributed by atoms with Crippen molar-refractivity contribution < 1.29 is 4.39 Å². The van der Waals surface area contributed by atoms with Crippen molar-refractivity contribution in [1.82, 2.24) is 0 Å². The highest BCUT2D eigenvalue weighted by Gasteiger charge is 1.99. The molecular weight excluding hydrogens is 177 g/mol. The van der Waals surface area contributed by atoms with Gasteiger partial charge in [0.05, 0.1) is 5.69 Å². The van der Waals surface area contributed by atoms with Crippen LogP contribution < -0.4 is 5.32 Å². The summed E-state index contributed by atoms with van der Waals surface area (Å²) < 4.78 is 13.2. The summed E-state index contributed by atoms with van der Waals surface area (Å²) >= 11 is 0. The van der Waals surface area contributed by atoms with Crippen molar-refractivity contribution in [3.05, 3.63) is 60.4 Å². The van der Waals surface area contributed by atoms with E-state index >= 15 is 0 Å². The molecule has 69 valence electrons. The monoisotopic (exact) mass is 186 g/mol. The van der Waals surface area contributed by atoms with Gasteiger partial charge in [0, 0.05) is 5.69 Å². The third-order valence-electron chi connectivity index (χ3n) is 1.87. The van der Waals surface area contributed by atoms with Crippen molar-refractivity contribution >= 4 is 11.4 Å². The summed E-state index contributed by atoms with van der Waals surface area (Å²) in [4.78, 5) is 0. The van der Waals surface area contributed by atoms with Crippen LogP contribution >= 0.6 is 0 Å². The Hall–Kier alpha value is -1.83. The molecule has 0 aliphatic carbocycles. The van der Waals surface area contributed by atoms with Crippen LogP contribution in [-0.2, 0) is 0 Å². The molecule has 0 spiro atoms. The Balaban J connectivity index is 2.24. The van der Waals surface area contributed by atoms with Crippen LogP contribution in [-0.4, -0.2) is 0 Å². The fourth-order valence-corrected chi connectivity index (χ4v) is 1.19. The third kappa shape index (κ3) is 1.91. The van der Waals surface area contributed by atoms with E-state index in [1.165, 1.54) is 6.07 Å². The molecule has 0 aliphatic rings. The van der Waals surface area contributed by atoms with Crippen molar-refractivity contribution in [3.63, 3.8) is 0 Å². The average Bonchev–Trinajstić information content (AvgIpc) is 2.23. The summed E-state index contributed by atoms with van der Waals surface area (Å²) in [5, 5.41) is 2.98. The minimum absolute atomic E-state index is 0.250. The van der Waals surface area contributed by atoms with Crippen molar-refractivity contribution in [3.8, 4) is 0 Å². The zero-order valence-corrected chi connectivity index (χ0v) is 7.50. The molecule has 2 heteroatoms. The second kappa shape index (κ2) is 3.92. The van der Waals surface area contributed by atoms with Gasteiger partial charge in [0.15, 0.2) is 0 Å². The Morgan fingerprint density at radius 3 is 2.43 bits per heavy atom.